The van der Waals surface area contributed by atoms with Crippen molar-refractivity contribution in [2.45, 2.75) is 77.8 Å². The third-order valence-electron chi connectivity index (χ3n) is 6.64. The fourth-order valence-electron chi connectivity index (χ4n) is 3.36. The standard InChI is InChI=1S/C20H31B2O7P/c1-17(2)18(3,4)27-21(26-17)15(14-12-10-9-11-13-14)16(30(23,24)25)22-28-19(5,6)20(7,8)29-22/h9-13H,1-8H3,(H2,23,24,25)/b16-15+. The molecule has 1 aromatic carbocycles. The summed E-state index contributed by atoms with van der Waals surface area (Å²) < 4.78 is 37.2. The highest BCUT2D eigenvalue weighted by Crippen LogP contribution is 2.55. The minimum atomic E-state index is -4.83. The van der Waals surface area contributed by atoms with E-state index in [0.717, 1.165) is 0 Å². The van der Waals surface area contributed by atoms with Crippen molar-refractivity contribution in [2.75, 3.05) is 0 Å². The van der Waals surface area contributed by atoms with Gasteiger partial charge in [-0.1, -0.05) is 30.3 Å². The Hall–Kier alpha value is -0.920. The summed E-state index contributed by atoms with van der Waals surface area (Å²) in [5.74, 6) is 0. The molecule has 0 atom stereocenters. The molecule has 0 radical (unpaired) electrons. The Morgan fingerprint density at radius 1 is 0.733 bits per heavy atom. The molecule has 1 aromatic rings. The minimum Gasteiger partial charge on any atom is -0.399 e. The maximum Gasteiger partial charge on any atom is 0.502 e. The van der Waals surface area contributed by atoms with Crippen LogP contribution in [0.15, 0.2) is 35.5 Å². The van der Waals surface area contributed by atoms with Crippen molar-refractivity contribution in [3.8, 4) is 0 Å². The lowest BCUT2D eigenvalue weighted by Gasteiger charge is -2.32. The van der Waals surface area contributed by atoms with E-state index in [9.17, 15) is 14.4 Å². The molecule has 0 unspecified atom stereocenters. The summed E-state index contributed by atoms with van der Waals surface area (Å²) in [5.41, 5.74) is -2.10. The Bertz CT molecular complexity index is 858. The van der Waals surface area contributed by atoms with Crippen molar-refractivity contribution in [1.29, 1.82) is 0 Å². The normalized spacial score (nSPS) is 25.4. The fourth-order valence-corrected chi connectivity index (χ4v) is 4.29. The molecule has 10 heteroatoms. The highest BCUT2D eigenvalue weighted by molar-refractivity contribution is 7.60. The lowest BCUT2D eigenvalue weighted by Crippen LogP contribution is -2.41. The van der Waals surface area contributed by atoms with Crippen LogP contribution < -0.4 is 0 Å². The zero-order valence-electron chi connectivity index (χ0n) is 18.9. The molecule has 0 spiro atoms. The second-order valence-electron chi connectivity index (χ2n) is 9.89. The van der Waals surface area contributed by atoms with Gasteiger partial charge in [-0.05, 0) is 66.4 Å². The van der Waals surface area contributed by atoms with Crippen LogP contribution in [0.25, 0.3) is 5.47 Å². The molecule has 0 amide bonds. The summed E-state index contributed by atoms with van der Waals surface area (Å²) in [6, 6.07) is 8.95. The Labute approximate surface area is 179 Å². The molecule has 2 aliphatic heterocycles. The molecule has 164 valence electrons. The molecular formula is C20H31B2O7P. The number of benzene rings is 1. The maximum absolute atomic E-state index is 12.8. The van der Waals surface area contributed by atoms with Crippen LogP contribution >= 0.6 is 7.60 Å². The monoisotopic (exact) mass is 436 g/mol. The second kappa shape index (κ2) is 7.31. The first-order valence-electron chi connectivity index (χ1n) is 10.1. The fraction of sp³-hybridized carbons (Fsp3) is 0.600. The third kappa shape index (κ3) is 4.09. The molecule has 3 rings (SSSR count). The lowest BCUT2D eigenvalue weighted by atomic mass is 9.68. The van der Waals surface area contributed by atoms with Gasteiger partial charge in [0.2, 0.25) is 0 Å². The molecule has 2 N–H and O–H groups in total. The molecule has 2 fully saturated rings. The van der Waals surface area contributed by atoms with Gasteiger partial charge in [0, 0.05) is 0 Å². The van der Waals surface area contributed by atoms with Gasteiger partial charge in [0.15, 0.2) is 0 Å². The van der Waals surface area contributed by atoms with Gasteiger partial charge in [-0.2, -0.15) is 0 Å². The first kappa shape index (κ1) is 23.7. The van der Waals surface area contributed by atoms with Gasteiger partial charge in [0.1, 0.15) is 0 Å². The van der Waals surface area contributed by atoms with Crippen molar-refractivity contribution >= 4 is 27.3 Å². The predicted octanol–water partition coefficient (Wildman–Crippen LogP) is 3.84. The highest BCUT2D eigenvalue weighted by Gasteiger charge is 2.59. The largest absolute Gasteiger partial charge is 0.502 e. The van der Waals surface area contributed by atoms with Gasteiger partial charge in [-0.15, -0.1) is 0 Å². The highest BCUT2D eigenvalue weighted by atomic mass is 31.2. The van der Waals surface area contributed by atoms with Crippen molar-refractivity contribution in [3.63, 3.8) is 0 Å². The molecule has 2 aliphatic rings. The molecule has 0 aliphatic carbocycles. The summed E-state index contributed by atoms with van der Waals surface area (Å²) in [4.78, 5) is 20.8. The van der Waals surface area contributed by atoms with Crippen LogP contribution in [0.1, 0.15) is 61.0 Å². The minimum absolute atomic E-state index is 0.237. The molecule has 2 saturated heterocycles. The van der Waals surface area contributed by atoms with Crippen LogP contribution in [0.5, 0.6) is 0 Å². The van der Waals surface area contributed by atoms with Gasteiger partial charge in [-0.3, -0.25) is 4.57 Å². The second-order valence-corrected chi connectivity index (χ2v) is 11.5. The van der Waals surface area contributed by atoms with E-state index in [0.29, 0.717) is 5.56 Å². The summed E-state index contributed by atoms with van der Waals surface area (Å²) in [6.45, 7) is 14.9. The van der Waals surface area contributed by atoms with E-state index >= 15 is 0 Å². The SMILES string of the molecule is CC1(C)OB(/C(=C(\B2OC(C)(C)C(C)(C)O2)P(=O)(O)O)c2ccccc2)OC1(C)C. The first-order chi connectivity index (χ1) is 13.5. The van der Waals surface area contributed by atoms with Gasteiger partial charge in [0.05, 0.1) is 27.6 Å². The van der Waals surface area contributed by atoms with Crippen LogP contribution in [0.4, 0.5) is 0 Å². The zero-order chi connectivity index (χ0) is 22.8. The van der Waals surface area contributed by atoms with Crippen LogP contribution in [0, 0.1) is 0 Å². The Balaban J connectivity index is 2.24. The van der Waals surface area contributed by atoms with E-state index in [1.807, 2.05) is 61.5 Å². The topological polar surface area (TPSA) is 94.5 Å². The third-order valence-corrected chi connectivity index (χ3v) is 7.72. The Morgan fingerprint density at radius 2 is 1.10 bits per heavy atom. The Kier molecular flexibility index (Phi) is 5.78. The molecule has 0 saturated carbocycles. The average molecular weight is 436 g/mol. The van der Waals surface area contributed by atoms with Crippen molar-refractivity contribution in [3.05, 3.63) is 41.1 Å². The van der Waals surface area contributed by atoms with Crippen molar-refractivity contribution in [1.82, 2.24) is 0 Å². The molecule has 0 bridgehead atoms. The van der Waals surface area contributed by atoms with Crippen LogP contribution in [-0.4, -0.2) is 46.4 Å². The van der Waals surface area contributed by atoms with Crippen LogP contribution in [-0.2, 0) is 23.2 Å². The smallest absolute Gasteiger partial charge is 0.399 e. The summed E-state index contributed by atoms with van der Waals surface area (Å²) in [5, 5.41) is -0.272. The van der Waals surface area contributed by atoms with Gasteiger partial charge < -0.3 is 28.4 Å². The van der Waals surface area contributed by atoms with Crippen LogP contribution in [0.3, 0.4) is 0 Å². The van der Waals surface area contributed by atoms with Crippen LogP contribution in [0.2, 0.25) is 0 Å². The molecule has 7 nitrogen and oxygen atoms in total. The van der Waals surface area contributed by atoms with Gasteiger partial charge >= 0.3 is 21.8 Å². The van der Waals surface area contributed by atoms with E-state index in [4.69, 9.17) is 18.6 Å². The number of hydrogen-bond acceptors (Lipinski definition) is 5. The maximum atomic E-state index is 12.8. The quantitative estimate of drug-likeness (QED) is 0.548. The van der Waals surface area contributed by atoms with Gasteiger partial charge in [0.25, 0.3) is 0 Å². The van der Waals surface area contributed by atoms with E-state index in [1.165, 1.54) is 0 Å². The molecule has 30 heavy (non-hydrogen) atoms. The van der Waals surface area contributed by atoms with E-state index < -0.39 is 44.2 Å². The van der Waals surface area contributed by atoms with Crippen molar-refractivity contribution < 1.29 is 33.0 Å². The molecular weight excluding hydrogens is 405 g/mol. The van der Waals surface area contributed by atoms with E-state index in [1.54, 1.807) is 24.3 Å². The number of rotatable bonds is 4. The average Bonchev–Trinajstić information content (AvgIpc) is 2.91. The van der Waals surface area contributed by atoms with Crippen molar-refractivity contribution in [2.24, 2.45) is 0 Å². The van der Waals surface area contributed by atoms with Gasteiger partial charge in [-0.25, -0.2) is 0 Å². The zero-order valence-corrected chi connectivity index (χ0v) is 19.8. The Morgan fingerprint density at radius 3 is 1.47 bits per heavy atom. The lowest BCUT2D eigenvalue weighted by molar-refractivity contribution is 0.00578. The first-order valence-corrected chi connectivity index (χ1v) is 11.7. The van der Waals surface area contributed by atoms with E-state index in [-0.39, 0.29) is 10.7 Å². The van der Waals surface area contributed by atoms with E-state index in [2.05, 4.69) is 0 Å². The molecule has 0 aromatic heterocycles. The summed E-state index contributed by atoms with van der Waals surface area (Å²) >= 11 is 0. The number of hydrogen-bond donors (Lipinski definition) is 2. The summed E-state index contributed by atoms with van der Waals surface area (Å²) in [6.07, 6.45) is 0. The summed E-state index contributed by atoms with van der Waals surface area (Å²) in [7, 11) is -7.07. The molecule has 2 heterocycles. The predicted molar refractivity (Wildman–Crippen MR) is 118 cm³/mol.